The molecule has 0 aromatic carbocycles. The number of alkyl halides is 1. The lowest BCUT2D eigenvalue weighted by Gasteiger charge is -1.85. The summed E-state index contributed by atoms with van der Waals surface area (Å²) in [6.07, 6.45) is 2.11. The van der Waals surface area contributed by atoms with Crippen LogP contribution in [-0.2, 0) is 0 Å². The molecule has 0 unspecified atom stereocenters. The largest absolute Gasteiger partial charge is 0.330 e. The first-order valence-electron chi connectivity index (χ1n) is 2.18. The quantitative estimate of drug-likeness (QED) is 0.470. The normalized spacial score (nSPS) is 7.71. The fraction of sp³-hybridized carbons (Fsp3) is 1.00. The summed E-state index contributed by atoms with van der Waals surface area (Å²) >= 11 is 5.32. The first-order chi connectivity index (χ1) is 2.91. The van der Waals surface area contributed by atoms with Gasteiger partial charge in [0, 0.05) is 5.88 Å². The van der Waals surface area contributed by atoms with E-state index >= 15 is 0 Å². The molecule has 0 atom stereocenters. The molecule has 0 bridgehead atoms. The number of hydrogen-bond donors (Lipinski definition) is 1. The van der Waals surface area contributed by atoms with Crippen LogP contribution >= 0.6 is 24.0 Å². The maximum atomic E-state index is 5.32. The van der Waals surface area contributed by atoms with Gasteiger partial charge in [0.15, 0.2) is 0 Å². The van der Waals surface area contributed by atoms with Crippen molar-refractivity contribution >= 4 is 24.0 Å². The van der Waals surface area contributed by atoms with Gasteiger partial charge in [0.2, 0.25) is 0 Å². The second kappa shape index (κ2) is 9.74. The summed E-state index contributed by atoms with van der Waals surface area (Å²) < 4.78 is 0. The molecule has 3 heteroatoms. The average Bonchev–Trinajstić information content (AvgIpc) is 1.61. The topological polar surface area (TPSA) is 26.0 Å². The molecule has 0 aliphatic carbocycles. The molecule has 0 saturated carbocycles. The van der Waals surface area contributed by atoms with Gasteiger partial charge in [-0.05, 0) is 19.4 Å². The summed E-state index contributed by atoms with van der Waals surface area (Å²) in [6, 6.07) is 0. The highest BCUT2D eigenvalue weighted by atomic mass is 35.5. The third-order valence-corrected chi connectivity index (χ3v) is 0.855. The molecule has 0 spiro atoms. The van der Waals surface area contributed by atoms with Crippen LogP contribution in [-0.4, -0.2) is 12.4 Å². The predicted molar refractivity (Wildman–Crippen MR) is 36.3 cm³/mol. The van der Waals surface area contributed by atoms with Crippen molar-refractivity contribution in [2.24, 2.45) is 5.73 Å². The molecule has 0 fully saturated rings. The van der Waals surface area contributed by atoms with E-state index in [9.17, 15) is 0 Å². The average molecular weight is 144 g/mol. The standard InChI is InChI=1S/C4H10ClN.ClH/c5-3-1-2-4-6;/h1-4,6H2;1H. The van der Waals surface area contributed by atoms with Gasteiger partial charge < -0.3 is 5.73 Å². The van der Waals surface area contributed by atoms with Crippen LogP contribution in [0, 0.1) is 0 Å². The van der Waals surface area contributed by atoms with Gasteiger partial charge in [-0.3, -0.25) is 0 Å². The Morgan fingerprint density at radius 1 is 1.29 bits per heavy atom. The van der Waals surface area contributed by atoms with Crippen LogP contribution < -0.4 is 5.73 Å². The molecular weight excluding hydrogens is 133 g/mol. The van der Waals surface area contributed by atoms with Crippen molar-refractivity contribution in [2.75, 3.05) is 12.4 Å². The SMILES string of the molecule is Cl.NCCCCCl. The van der Waals surface area contributed by atoms with Crippen molar-refractivity contribution in [3.8, 4) is 0 Å². The van der Waals surface area contributed by atoms with Gasteiger partial charge in [0.25, 0.3) is 0 Å². The van der Waals surface area contributed by atoms with E-state index in [1.165, 1.54) is 0 Å². The third-order valence-electron chi connectivity index (χ3n) is 0.588. The molecule has 0 heterocycles. The molecule has 0 aromatic heterocycles. The summed E-state index contributed by atoms with van der Waals surface area (Å²) in [5.41, 5.74) is 5.16. The minimum absolute atomic E-state index is 0. The van der Waals surface area contributed by atoms with Crippen LogP contribution in [0.3, 0.4) is 0 Å². The molecule has 0 radical (unpaired) electrons. The Balaban J connectivity index is 0. The summed E-state index contributed by atoms with van der Waals surface area (Å²) in [5.74, 6) is 0.747. The van der Waals surface area contributed by atoms with Crippen LogP contribution in [0.4, 0.5) is 0 Å². The maximum Gasteiger partial charge on any atom is 0.0223 e. The van der Waals surface area contributed by atoms with E-state index in [1.54, 1.807) is 0 Å². The number of rotatable bonds is 3. The van der Waals surface area contributed by atoms with Gasteiger partial charge in [-0.1, -0.05) is 0 Å². The summed E-state index contributed by atoms with van der Waals surface area (Å²) in [7, 11) is 0. The van der Waals surface area contributed by atoms with Crippen molar-refractivity contribution in [3.63, 3.8) is 0 Å². The van der Waals surface area contributed by atoms with Crippen LogP contribution in [0.25, 0.3) is 0 Å². The zero-order valence-corrected chi connectivity index (χ0v) is 5.76. The number of hydrogen-bond acceptors (Lipinski definition) is 1. The van der Waals surface area contributed by atoms with E-state index in [1.807, 2.05) is 0 Å². The highest BCUT2D eigenvalue weighted by Crippen LogP contribution is 1.86. The zero-order chi connectivity index (χ0) is 4.83. The Labute approximate surface area is 55.6 Å². The number of nitrogens with two attached hydrogens (primary N) is 1. The Hall–Kier alpha value is 0.540. The van der Waals surface area contributed by atoms with Gasteiger partial charge in [-0.25, -0.2) is 0 Å². The molecular formula is C4H11Cl2N. The fourth-order valence-corrected chi connectivity index (χ4v) is 0.428. The van der Waals surface area contributed by atoms with Gasteiger partial charge in [-0.15, -0.1) is 24.0 Å². The van der Waals surface area contributed by atoms with Gasteiger partial charge in [-0.2, -0.15) is 0 Å². The Morgan fingerprint density at radius 3 is 2.00 bits per heavy atom. The second-order valence-corrected chi connectivity index (χ2v) is 1.56. The van der Waals surface area contributed by atoms with E-state index in [0.717, 1.165) is 25.3 Å². The van der Waals surface area contributed by atoms with Crippen molar-refractivity contribution in [2.45, 2.75) is 12.8 Å². The molecule has 2 N–H and O–H groups in total. The van der Waals surface area contributed by atoms with Crippen molar-refractivity contribution in [3.05, 3.63) is 0 Å². The van der Waals surface area contributed by atoms with Crippen LogP contribution in [0.2, 0.25) is 0 Å². The smallest absolute Gasteiger partial charge is 0.0223 e. The van der Waals surface area contributed by atoms with E-state index in [4.69, 9.17) is 17.3 Å². The molecule has 46 valence electrons. The van der Waals surface area contributed by atoms with Crippen LogP contribution in [0.5, 0.6) is 0 Å². The summed E-state index contributed by atoms with van der Waals surface area (Å²) in [4.78, 5) is 0. The summed E-state index contributed by atoms with van der Waals surface area (Å²) in [5, 5.41) is 0. The summed E-state index contributed by atoms with van der Waals surface area (Å²) in [6.45, 7) is 0.771. The first-order valence-corrected chi connectivity index (χ1v) is 2.71. The van der Waals surface area contributed by atoms with Crippen LogP contribution in [0.15, 0.2) is 0 Å². The van der Waals surface area contributed by atoms with E-state index in [0.29, 0.717) is 0 Å². The van der Waals surface area contributed by atoms with Gasteiger partial charge in [0.1, 0.15) is 0 Å². The molecule has 0 rings (SSSR count). The van der Waals surface area contributed by atoms with E-state index < -0.39 is 0 Å². The lowest BCUT2D eigenvalue weighted by atomic mass is 10.3. The molecule has 0 aliphatic rings. The van der Waals surface area contributed by atoms with Gasteiger partial charge >= 0.3 is 0 Å². The molecule has 0 aliphatic heterocycles. The lowest BCUT2D eigenvalue weighted by molar-refractivity contribution is 0.812. The van der Waals surface area contributed by atoms with Gasteiger partial charge in [0.05, 0.1) is 0 Å². The highest BCUT2D eigenvalue weighted by Gasteiger charge is 1.76. The van der Waals surface area contributed by atoms with E-state index in [-0.39, 0.29) is 12.4 Å². The minimum atomic E-state index is 0. The van der Waals surface area contributed by atoms with Crippen molar-refractivity contribution in [1.82, 2.24) is 0 Å². The Morgan fingerprint density at radius 2 is 1.86 bits per heavy atom. The Kier molecular flexibility index (Phi) is 14.6. The molecule has 0 saturated heterocycles. The molecule has 1 nitrogen and oxygen atoms in total. The lowest BCUT2D eigenvalue weighted by Crippen LogP contribution is -1.97. The predicted octanol–water partition coefficient (Wildman–Crippen LogP) is 1.39. The second-order valence-electron chi connectivity index (χ2n) is 1.18. The number of unbranched alkanes of at least 4 members (excludes halogenated alkanes) is 1. The first kappa shape index (κ1) is 10.5. The third kappa shape index (κ3) is 10.8. The fourth-order valence-electron chi connectivity index (χ4n) is 0.239. The molecule has 0 aromatic rings. The van der Waals surface area contributed by atoms with Crippen molar-refractivity contribution in [1.29, 1.82) is 0 Å². The monoisotopic (exact) mass is 143 g/mol. The highest BCUT2D eigenvalue weighted by molar-refractivity contribution is 6.17. The maximum absolute atomic E-state index is 5.32. The van der Waals surface area contributed by atoms with Crippen LogP contribution in [0.1, 0.15) is 12.8 Å². The minimum Gasteiger partial charge on any atom is -0.330 e. The van der Waals surface area contributed by atoms with Crippen molar-refractivity contribution < 1.29 is 0 Å². The zero-order valence-electron chi connectivity index (χ0n) is 4.19. The van der Waals surface area contributed by atoms with E-state index in [2.05, 4.69) is 0 Å². The molecule has 7 heavy (non-hydrogen) atoms. The Bertz CT molecular complexity index is 21.7. The molecule has 0 amide bonds. The number of halogens is 2.